The lowest BCUT2D eigenvalue weighted by Gasteiger charge is -2.18. The molecule has 132 valence electrons. The van der Waals surface area contributed by atoms with Crippen LogP contribution in [0.3, 0.4) is 0 Å². The van der Waals surface area contributed by atoms with Crippen LogP contribution in [0.4, 0.5) is 4.39 Å². The van der Waals surface area contributed by atoms with E-state index in [1.165, 1.54) is 12.1 Å². The molecule has 0 saturated heterocycles. The summed E-state index contributed by atoms with van der Waals surface area (Å²) in [5, 5.41) is 10.1. The maximum absolute atomic E-state index is 14.1. The van der Waals surface area contributed by atoms with Gasteiger partial charge in [0.05, 0.1) is 0 Å². The molecular weight excluding hydrogens is 389 g/mol. The maximum atomic E-state index is 14.1. The molecule has 2 aromatic rings. The molecule has 0 radical (unpaired) electrons. The second-order valence-electron chi connectivity index (χ2n) is 5.33. The van der Waals surface area contributed by atoms with E-state index in [0.29, 0.717) is 10.0 Å². The van der Waals surface area contributed by atoms with Gasteiger partial charge in [0.1, 0.15) is 11.7 Å². The second-order valence-corrected chi connectivity index (χ2v) is 6.25. The molecule has 0 aliphatic rings. The molecule has 0 heterocycles. The quantitative estimate of drug-likeness (QED) is 0.486. The van der Waals surface area contributed by atoms with Gasteiger partial charge >= 0.3 is 0 Å². The van der Waals surface area contributed by atoms with Crippen molar-refractivity contribution in [3.63, 3.8) is 0 Å². The van der Waals surface area contributed by atoms with Crippen molar-refractivity contribution in [2.75, 3.05) is 6.61 Å². The van der Waals surface area contributed by atoms with Crippen molar-refractivity contribution < 1.29 is 13.9 Å². The first-order valence-corrected chi connectivity index (χ1v) is 8.49. The number of nitrogen functional groups attached to an aromatic ring is 1. The van der Waals surface area contributed by atoms with E-state index in [0.717, 1.165) is 5.56 Å². The van der Waals surface area contributed by atoms with E-state index in [1.807, 2.05) is 0 Å². The summed E-state index contributed by atoms with van der Waals surface area (Å²) in [5.74, 6) is -0.940. The Morgan fingerprint density at radius 2 is 2.00 bits per heavy atom. The van der Waals surface area contributed by atoms with Crippen molar-refractivity contribution in [2.45, 2.75) is 19.6 Å². The zero-order chi connectivity index (χ0) is 18.4. The molecule has 2 rings (SSSR count). The highest BCUT2D eigenvalue weighted by molar-refractivity contribution is 9.10. The van der Waals surface area contributed by atoms with Gasteiger partial charge in [-0.3, -0.25) is 10.2 Å². The summed E-state index contributed by atoms with van der Waals surface area (Å²) < 4.78 is 20.2. The molecule has 0 aromatic heterocycles. The van der Waals surface area contributed by atoms with E-state index in [1.54, 1.807) is 37.3 Å². The normalized spacial score (nSPS) is 11.8. The first-order valence-electron chi connectivity index (χ1n) is 7.70. The Hall–Kier alpha value is -2.25. The lowest BCUT2D eigenvalue weighted by atomic mass is 10.1. The third-order valence-electron chi connectivity index (χ3n) is 3.55. The van der Waals surface area contributed by atoms with Gasteiger partial charge in [-0.1, -0.05) is 46.3 Å². The van der Waals surface area contributed by atoms with Gasteiger partial charge in [0.15, 0.2) is 6.10 Å². The van der Waals surface area contributed by atoms with Crippen LogP contribution in [0.25, 0.3) is 0 Å². The minimum absolute atomic E-state index is 0.0160. The van der Waals surface area contributed by atoms with Crippen LogP contribution >= 0.6 is 15.9 Å². The second kappa shape index (κ2) is 8.73. The molecule has 7 heteroatoms. The third kappa shape index (κ3) is 5.11. The minimum atomic E-state index is -1.02. The van der Waals surface area contributed by atoms with Crippen LogP contribution in [-0.2, 0) is 16.1 Å². The summed E-state index contributed by atoms with van der Waals surface area (Å²) in [5.41, 5.74) is 7.04. The van der Waals surface area contributed by atoms with E-state index in [2.05, 4.69) is 21.2 Å². The number of nitrogens with two attached hydrogens (primary N) is 1. The van der Waals surface area contributed by atoms with Crippen LogP contribution in [0.1, 0.15) is 29.7 Å². The Kier molecular flexibility index (Phi) is 6.66. The Morgan fingerprint density at radius 3 is 2.56 bits per heavy atom. The number of hydrogen-bond donors (Lipinski definition) is 3. The van der Waals surface area contributed by atoms with Crippen LogP contribution in [0.15, 0.2) is 46.9 Å². The number of halogens is 2. The Balaban J connectivity index is 2.08. The third-order valence-corrected chi connectivity index (χ3v) is 4.04. The molecule has 1 unspecified atom stereocenters. The van der Waals surface area contributed by atoms with Crippen molar-refractivity contribution in [2.24, 2.45) is 5.73 Å². The van der Waals surface area contributed by atoms with Crippen LogP contribution < -0.4 is 11.1 Å². The number of benzene rings is 2. The van der Waals surface area contributed by atoms with Crippen LogP contribution in [0, 0.1) is 11.2 Å². The summed E-state index contributed by atoms with van der Waals surface area (Å²) in [7, 11) is 0. The number of ether oxygens (including phenoxy) is 1. The Labute approximate surface area is 154 Å². The monoisotopic (exact) mass is 407 g/mol. The van der Waals surface area contributed by atoms with Crippen molar-refractivity contribution >= 4 is 27.7 Å². The highest BCUT2D eigenvalue weighted by Gasteiger charge is 2.24. The van der Waals surface area contributed by atoms with Crippen LogP contribution in [-0.4, -0.2) is 18.3 Å². The SMILES string of the molecule is CCOC(C(=O)NCc1ccc(C(=N)N)cc1)c1ccc(Br)cc1F. The summed E-state index contributed by atoms with van der Waals surface area (Å²) >= 11 is 3.19. The van der Waals surface area contributed by atoms with E-state index in [9.17, 15) is 9.18 Å². The van der Waals surface area contributed by atoms with Gasteiger partial charge in [-0.25, -0.2) is 4.39 Å². The maximum Gasteiger partial charge on any atom is 0.254 e. The zero-order valence-corrected chi connectivity index (χ0v) is 15.3. The first-order chi connectivity index (χ1) is 11.9. The van der Waals surface area contributed by atoms with Gasteiger partial charge < -0.3 is 15.8 Å². The number of amides is 1. The topological polar surface area (TPSA) is 88.2 Å². The predicted molar refractivity (Wildman–Crippen MR) is 97.8 cm³/mol. The van der Waals surface area contributed by atoms with Crippen LogP contribution in [0.2, 0.25) is 0 Å². The number of amidine groups is 1. The molecule has 0 bridgehead atoms. The highest BCUT2D eigenvalue weighted by atomic mass is 79.9. The number of nitrogens with one attached hydrogen (secondary N) is 2. The van der Waals surface area contributed by atoms with E-state index >= 15 is 0 Å². The fourth-order valence-electron chi connectivity index (χ4n) is 2.27. The smallest absolute Gasteiger partial charge is 0.254 e. The van der Waals surface area contributed by atoms with Crippen molar-refractivity contribution in [1.82, 2.24) is 5.32 Å². The van der Waals surface area contributed by atoms with Crippen molar-refractivity contribution in [3.8, 4) is 0 Å². The number of carbonyl (C=O) groups is 1. The molecule has 2 aromatic carbocycles. The molecule has 1 amide bonds. The lowest BCUT2D eigenvalue weighted by molar-refractivity contribution is -0.133. The summed E-state index contributed by atoms with van der Waals surface area (Å²) in [6, 6.07) is 11.4. The molecule has 0 aliphatic heterocycles. The summed E-state index contributed by atoms with van der Waals surface area (Å²) in [4.78, 5) is 12.5. The highest BCUT2D eigenvalue weighted by Crippen LogP contribution is 2.24. The molecule has 0 aliphatic carbocycles. The van der Waals surface area contributed by atoms with Gasteiger partial charge in [0.2, 0.25) is 0 Å². The lowest BCUT2D eigenvalue weighted by Crippen LogP contribution is -2.31. The average Bonchev–Trinajstić information content (AvgIpc) is 2.58. The molecule has 1 atom stereocenters. The molecule has 5 nitrogen and oxygen atoms in total. The number of carbonyl (C=O) groups excluding carboxylic acids is 1. The Bertz CT molecular complexity index is 765. The van der Waals surface area contributed by atoms with E-state index < -0.39 is 17.8 Å². The summed E-state index contributed by atoms with van der Waals surface area (Å²) in [6.45, 7) is 2.29. The molecule has 25 heavy (non-hydrogen) atoms. The largest absolute Gasteiger partial charge is 0.384 e. The zero-order valence-electron chi connectivity index (χ0n) is 13.7. The van der Waals surface area contributed by atoms with E-state index in [-0.39, 0.29) is 24.6 Å². The fourth-order valence-corrected chi connectivity index (χ4v) is 2.60. The molecule has 0 saturated carbocycles. The standard InChI is InChI=1S/C18H19BrFN3O2/c1-2-25-16(14-8-7-13(19)9-15(14)20)18(24)23-10-11-3-5-12(6-4-11)17(21)22/h3-9,16H,2,10H2,1H3,(H3,21,22)(H,23,24). The van der Waals surface area contributed by atoms with Gasteiger partial charge in [-0.15, -0.1) is 0 Å². The first kappa shape index (κ1) is 19.1. The van der Waals surface area contributed by atoms with Gasteiger partial charge in [-0.2, -0.15) is 0 Å². The van der Waals surface area contributed by atoms with Crippen molar-refractivity contribution in [1.29, 1.82) is 5.41 Å². The number of rotatable bonds is 7. The predicted octanol–water partition coefficient (Wildman–Crippen LogP) is 3.27. The average molecular weight is 408 g/mol. The van der Waals surface area contributed by atoms with Crippen molar-refractivity contribution in [3.05, 3.63) is 69.4 Å². The molecule has 4 N–H and O–H groups in total. The molecule has 0 spiro atoms. The number of hydrogen-bond acceptors (Lipinski definition) is 3. The Morgan fingerprint density at radius 1 is 1.32 bits per heavy atom. The van der Waals surface area contributed by atoms with E-state index in [4.69, 9.17) is 15.9 Å². The summed E-state index contributed by atoms with van der Waals surface area (Å²) in [6.07, 6.45) is -1.02. The molecule has 0 fully saturated rings. The minimum Gasteiger partial charge on any atom is -0.384 e. The van der Waals surface area contributed by atoms with Gasteiger partial charge in [-0.05, 0) is 24.6 Å². The fraction of sp³-hybridized carbons (Fsp3) is 0.222. The molecular formula is C18H19BrFN3O2. The van der Waals surface area contributed by atoms with Gasteiger partial charge in [0, 0.05) is 28.8 Å². The van der Waals surface area contributed by atoms with Gasteiger partial charge in [0.25, 0.3) is 5.91 Å². The van der Waals surface area contributed by atoms with Crippen LogP contribution in [0.5, 0.6) is 0 Å².